The minimum Gasteiger partial charge on any atom is -0.478 e. The molecule has 6 nitrogen and oxygen atoms in total. The lowest BCUT2D eigenvalue weighted by Crippen LogP contribution is -2.23. The zero-order valence-electron chi connectivity index (χ0n) is 9.91. The maximum Gasteiger partial charge on any atom is 0.337 e. The monoisotopic (exact) mass is 332 g/mol. The van der Waals surface area contributed by atoms with Crippen molar-refractivity contribution in [2.75, 3.05) is 0 Å². The number of hydrogen-bond acceptors (Lipinski definition) is 5. The number of nitrogens with zero attached hydrogens (tertiary/aromatic N) is 1. The highest BCUT2D eigenvalue weighted by Crippen LogP contribution is 2.21. The molecule has 0 aliphatic heterocycles. The molecule has 20 heavy (non-hydrogen) atoms. The molecule has 0 radical (unpaired) electrons. The average molecular weight is 333 g/mol. The number of carbonyl (C=O) groups is 1. The van der Waals surface area contributed by atoms with Crippen molar-refractivity contribution in [2.45, 2.75) is 11.6 Å². The molecule has 0 bridgehead atoms. The van der Waals surface area contributed by atoms with E-state index < -0.39 is 16.0 Å². The van der Waals surface area contributed by atoms with E-state index in [-0.39, 0.29) is 17.1 Å². The first-order valence-corrected chi connectivity index (χ1v) is 7.99. The van der Waals surface area contributed by atoms with Gasteiger partial charge >= 0.3 is 5.97 Å². The lowest BCUT2D eigenvalue weighted by molar-refractivity contribution is 0.0696. The molecule has 2 N–H and O–H groups in total. The molecule has 0 aliphatic rings. The first kappa shape index (κ1) is 14.9. The highest BCUT2D eigenvalue weighted by Gasteiger charge is 2.16. The quantitative estimate of drug-likeness (QED) is 0.872. The summed E-state index contributed by atoms with van der Waals surface area (Å²) < 4.78 is 26.8. The molecule has 0 saturated heterocycles. The van der Waals surface area contributed by atoms with Gasteiger partial charge in [-0.15, -0.1) is 11.3 Å². The van der Waals surface area contributed by atoms with Crippen molar-refractivity contribution in [3.8, 4) is 0 Å². The lowest BCUT2D eigenvalue weighted by atomic mass is 10.3. The summed E-state index contributed by atoms with van der Waals surface area (Å²) in [5.41, 5.74) is -0.0750. The van der Waals surface area contributed by atoms with E-state index in [1.165, 1.54) is 17.4 Å². The van der Waals surface area contributed by atoms with Gasteiger partial charge in [0.1, 0.15) is 0 Å². The van der Waals surface area contributed by atoms with Crippen LogP contribution in [0.1, 0.15) is 15.2 Å². The number of rotatable bonds is 5. The highest BCUT2D eigenvalue weighted by molar-refractivity contribution is 7.89. The van der Waals surface area contributed by atoms with Crippen molar-refractivity contribution < 1.29 is 18.3 Å². The number of aromatic carboxylic acids is 1. The molecular weight excluding hydrogens is 324 g/mol. The van der Waals surface area contributed by atoms with E-state index in [0.717, 1.165) is 17.1 Å². The topological polar surface area (TPSA) is 96.4 Å². The van der Waals surface area contributed by atoms with Crippen LogP contribution >= 0.6 is 22.9 Å². The molecule has 9 heteroatoms. The van der Waals surface area contributed by atoms with Crippen molar-refractivity contribution >= 4 is 38.9 Å². The fourth-order valence-corrected chi connectivity index (χ4v) is 3.40. The average Bonchev–Trinajstić information content (AvgIpc) is 2.82. The Balaban J connectivity index is 2.11. The molecule has 0 fully saturated rings. The molecule has 0 aromatic carbocycles. The molecule has 2 rings (SSSR count). The lowest BCUT2D eigenvalue weighted by Gasteiger charge is -2.04. The van der Waals surface area contributed by atoms with Crippen molar-refractivity contribution in [3.05, 3.63) is 45.2 Å². The van der Waals surface area contributed by atoms with Crippen LogP contribution < -0.4 is 4.72 Å². The summed E-state index contributed by atoms with van der Waals surface area (Å²) in [6, 6.07) is 5.73. The Morgan fingerprint density at radius 2 is 2.10 bits per heavy atom. The number of pyridine rings is 1. The van der Waals surface area contributed by atoms with E-state index >= 15 is 0 Å². The summed E-state index contributed by atoms with van der Waals surface area (Å²) in [7, 11) is -3.78. The van der Waals surface area contributed by atoms with E-state index in [0.29, 0.717) is 4.34 Å². The van der Waals surface area contributed by atoms with E-state index in [9.17, 15) is 13.2 Å². The standard InChI is InChI=1S/C11H9ClN2O4S2/c12-9-3-2-8(19-9)6-14-20(17,18)10-4-1-7(5-13-10)11(15)16/h1-5,14H,6H2,(H,15,16). The van der Waals surface area contributed by atoms with Crippen LogP contribution in [0.15, 0.2) is 35.5 Å². The van der Waals surface area contributed by atoms with Crippen LogP contribution in [0.5, 0.6) is 0 Å². The van der Waals surface area contributed by atoms with Gasteiger partial charge in [0.2, 0.25) is 0 Å². The van der Waals surface area contributed by atoms with Crippen LogP contribution in [0.3, 0.4) is 0 Å². The number of sulfonamides is 1. The van der Waals surface area contributed by atoms with Crippen molar-refractivity contribution in [3.63, 3.8) is 0 Å². The number of halogens is 1. The third-order valence-electron chi connectivity index (χ3n) is 2.32. The second kappa shape index (κ2) is 5.88. The Bertz CT molecular complexity index is 725. The maximum atomic E-state index is 11.9. The minimum atomic E-state index is -3.78. The summed E-state index contributed by atoms with van der Waals surface area (Å²) in [6.07, 6.45) is 0.999. The molecule has 0 spiro atoms. The smallest absolute Gasteiger partial charge is 0.337 e. The molecule has 0 aliphatic carbocycles. The second-order valence-corrected chi connectivity index (χ2v) is 7.23. The molecule has 2 heterocycles. The van der Waals surface area contributed by atoms with Gasteiger partial charge in [0.25, 0.3) is 10.0 Å². The molecular formula is C11H9ClN2O4S2. The predicted octanol–water partition coefficient (Wildman–Crippen LogP) is 1.97. The van der Waals surface area contributed by atoms with Gasteiger partial charge in [0.15, 0.2) is 5.03 Å². The number of thiophene rings is 1. The van der Waals surface area contributed by atoms with Crippen LogP contribution in [-0.2, 0) is 16.6 Å². The van der Waals surface area contributed by atoms with Crippen LogP contribution in [0.25, 0.3) is 0 Å². The summed E-state index contributed by atoms with van der Waals surface area (Å²) in [6.45, 7) is 0.0993. The molecule has 0 saturated carbocycles. The van der Waals surface area contributed by atoms with E-state index in [2.05, 4.69) is 9.71 Å². The molecule has 2 aromatic heterocycles. The normalized spacial score (nSPS) is 11.4. The Kier molecular flexibility index (Phi) is 4.39. The largest absolute Gasteiger partial charge is 0.478 e. The minimum absolute atomic E-state index is 0.0750. The van der Waals surface area contributed by atoms with Gasteiger partial charge in [-0.25, -0.2) is 22.9 Å². The Hall–Kier alpha value is -1.48. The predicted molar refractivity (Wildman–Crippen MR) is 74.6 cm³/mol. The first-order valence-electron chi connectivity index (χ1n) is 5.32. The fourth-order valence-electron chi connectivity index (χ4n) is 1.35. The SMILES string of the molecule is O=C(O)c1ccc(S(=O)(=O)NCc2ccc(Cl)s2)nc1. The zero-order chi connectivity index (χ0) is 14.8. The summed E-state index contributed by atoms with van der Waals surface area (Å²) in [4.78, 5) is 15.1. The zero-order valence-corrected chi connectivity index (χ0v) is 12.3. The molecule has 2 aromatic rings. The van der Waals surface area contributed by atoms with Crippen LogP contribution in [0.4, 0.5) is 0 Å². The number of hydrogen-bond donors (Lipinski definition) is 2. The summed E-state index contributed by atoms with van der Waals surface area (Å²) in [5.74, 6) is -1.16. The van der Waals surface area contributed by atoms with Gasteiger partial charge < -0.3 is 5.11 Å². The van der Waals surface area contributed by atoms with Gasteiger partial charge in [0, 0.05) is 17.6 Å². The summed E-state index contributed by atoms with van der Waals surface area (Å²) in [5, 5.41) is 8.49. The van der Waals surface area contributed by atoms with Gasteiger partial charge in [-0.1, -0.05) is 11.6 Å². The fraction of sp³-hybridized carbons (Fsp3) is 0.0909. The van der Waals surface area contributed by atoms with Crippen LogP contribution in [0, 0.1) is 0 Å². The maximum absolute atomic E-state index is 11.9. The van der Waals surface area contributed by atoms with Crippen molar-refractivity contribution in [1.82, 2.24) is 9.71 Å². The van der Waals surface area contributed by atoms with Crippen molar-refractivity contribution in [1.29, 1.82) is 0 Å². The first-order chi connectivity index (χ1) is 9.38. The second-order valence-electron chi connectivity index (χ2n) is 3.72. The molecule has 106 valence electrons. The number of carboxylic acid groups (broad SMARTS) is 1. The third kappa shape index (κ3) is 3.54. The highest BCUT2D eigenvalue weighted by atomic mass is 35.5. The van der Waals surface area contributed by atoms with Gasteiger partial charge in [0.05, 0.1) is 9.90 Å². The Morgan fingerprint density at radius 3 is 2.60 bits per heavy atom. The van der Waals surface area contributed by atoms with Crippen molar-refractivity contribution in [2.24, 2.45) is 0 Å². The molecule has 0 atom stereocenters. The van der Waals surface area contributed by atoms with E-state index in [1.807, 2.05) is 0 Å². The van der Waals surface area contributed by atoms with Gasteiger partial charge in [-0.2, -0.15) is 0 Å². The van der Waals surface area contributed by atoms with Crippen LogP contribution in [-0.4, -0.2) is 24.5 Å². The van der Waals surface area contributed by atoms with E-state index in [4.69, 9.17) is 16.7 Å². The Labute approximate surface area is 124 Å². The third-order valence-corrected chi connectivity index (χ3v) is 4.87. The van der Waals surface area contributed by atoms with E-state index in [1.54, 1.807) is 12.1 Å². The molecule has 0 amide bonds. The Morgan fingerprint density at radius 1 is 1.35 bits per heavy atom. The number of aromatic nitrogens is 1. The number of nitrogens with one attached hydrogen (secondary N) is 1. The number of carboxylic acids is 1. The summed E-state index contributed by atoms with van der Waals surface area (Å²) >= 11 is 7.02. The van der Waals surface area contributed by atoms with Gasteiger partial charge in [-0.05, 0) is 24.3 Å². The van der Waals surface area contributed by atoms with Crippen LogP contribution in [0.2, 0.25) is 4.34 Å². The van der Waals surface area contributed by atoms with Gasteiger partial charge in [-0.3, -0.25) is 0 Å². The molecule has 0 unspecified atom stereocenters.